The van der Waals surface area contributed by atoms with E-state index < -0.39 is 0 Å². The van der Waals surface area contributed by atoms with Crippen LogP contribution in [-0.2, 0) is 11.4 Å². The van der Waals surface area contributed by atoms with E-state index in [1.807, 2.05) is 0 Å². The van der Waals surface area contributed by atoms with Gasteiger partial charge >= 0.3 is 0 Å². The fourth-order valence-electron chi connectivity index (χ4n) is 0.398. The predicted octanol–water partition coefficient (Wildman–Crippen LogP) is -0.958. The monoisotopic (exact) mass is 130 g/mol. The van der Waals surface area contributed by atoms with Gasteiger partial charge < -0.3 is 10.3 Å². The van der Waals surface area contributed by atoms with Crippen molar-refractivity contribution in [1.29, 1.82) is 0 Å². The summed E-state index contributed by atoms with van der Waals surface area (Å²) >= 11 is 0. The van der Waals surface area contributed by atoms with Crippen molar-refractivity contribution in [1.82, 2.24) is 10.1 Å². The summed E-state index contributed by atoms with van der Waals surface area (Å²) in [6.45, 7) is 0.0875. The minimum Gasteiger partial charge on any atom is -0.365 e. The van der Waals surface area contributed by atoms with Gasteiger partial charge in [-0.2, -0.15) is 4.98 Å². The summed E-state index contributed by atoms with van der Waals surface area (Å²) in [6, 6.07) is 0. The molecule has 6 nitrogen and oxygen atoms in total. The minimum absolute atomic E-state index is 0.0852. The summed E-state index contributed by atoms with van der Waals surface area (Å²) in [5.74, 6) is 5.06. The zero-order valence-corrected chi connectivity index (χ0v) is 4.57. The first kappa shape index (κ1) is 5.99. The molecule has 0 aliphatic rings. The van der Waals surface area contributed by atoms with Crippen LogP contribution in [0.25, 0.3) is 0 Å². The van der Waals surface area contributed by atoms with E-state index in [0.29, 0.717) is 0 Å². The smallest absolute Gasteiger partial charge is 0.260 e. The van der Waals surface area contributed by atoms with Gasteiger partial charge in [-0.05, 0) is 5.16 Å². The lowest BCUT2D eigenvalue weighted by atomic mass is 10.7. The average Bonchev–Trinajstić information content (AvgIpc) is 2.17. The van der Waals surface area contributed by atoms with E-state index in [9.17, 15) is 0 Å². The molecule has 0 amide bonds. The molecule has 4 N–H and O–H groups in total. The van der Waals surface area contributed by atoms with E-state index in [-0.39, 0.29) is 18.4 Å². The summed E-state index contributed by atoms with van der Waals surface area (Å²) < 4.78 is 4.51. The number of aromatic nitrogens is 2. The van der Waals surface area contributed by atoms with Gasteiger partial charge in [0.05, 0.1) is 0 Å². The van der Waals surface area contributed by atoms with Crippen molar-refractivity contribution in [3.63, 3.8) is 0 Å². The molecule has 0 saturated carbocycles. The van der Waals surface area contributed by atoms with E-state index in [2.05, 4.69) is 19.5 Å². The molecule has 50 valence electrons. The maximum Gasteiger partial charge on any atom is 0.260 e. The Kier molecular flexibility index (Phi) is 1.61. The first-order valence-electron chi connectivity index (χ1n) is 2.22. The van der Waals surface area contributed by atoms with E-state index in [0.717, 1.165) is 0 Å². The van der Waals surface area contributed by atoms with Crippen LogP contribution in [0.2, 0.25) is 0 Å². The molecule has 1 aromatic rings. The number of nitrogens with zero attached hydrogens (tertiary/aromatic N) is 2. The fraction of sp³-hybridized carbons (Fsp3) is 0.333. The molecule has 0 fully saturated rings. The average molecular weight is 130 g/mol. The van der Waals surface area contributed by atoms with Gasteiger partial charge in [0.1, 0.15) is 6.61 Å². The Morgan fingerprint density at radius 3 is 2.89 bits per heavy atom. The Hall–Kier alpha value is -1.14. The highest BCUT2D eigenvalue weighted by molar-refractivity contribution is 5.09. The van der Waals surface area contributed by atoms with Crippen molar-refractivity contribution in [2.45, 2.75) is 6.61 Å². The van der Waals surface area contributed by atoms with Gasteiger partial charge in [-0.1, -0.05) is 0 Å². The minimum atomic E-state index is 0.0852. The molecule has 0 radical (unpaired) electrons. The van der Waals surface area contributed by atoms with Crippen LogP contribution in [0.4, 0.5) is 5.95 Å². The summed E-state index contributed by atoms with van der Waals surface area (Å²) in [5, 5.41) is 3.29. The molecule has 0 bridgehead atoms. The standard InChI is InChI=1S/C3H6N4O2/c4-3-6-2(1-8-5)9-7-3/h1,5H2,(H2,4,7). The number of nitrogens with two attached hydrogens (primary N) is 2. The van der Waals surface area contributed by atoms with E-state index in [1.54, 1.807) is 0 Å². The van der Waals surface area contributed by atoms with Crippen LogP contribution in [0, 0.1) is 0 Å². The van der Waals surface area contributed by atoms with Crippen LogP contribution in [-0.4, -0.2) is 10.1 Å². The summed E-state index contributed by atoms with van der Waals surface area (Å²) in [7, 11) is 0. The Balaban J connectivity index is 2.61. The van der Waals surface area contributed by atoms with Gasteiger partial charge in [0, 0.05) is 0 Å². The molecule has 0 aliphatic heterocycles. The van der Waals surface area contributed by atoms with Crippen LogP contribution in [0.15, 0.2) is 4.52 Å². The largest absolute Gasteiger partial charge is 0.365 e. The molecule has 0 spiro atoms. The van der Waals surface area contributed by atoms with Crippen LogP contribution in [0.5, 0.6) is 0 Å². The van der Waals surface area contributed by atoms with Crippen LogP contribution in [0.3, 0.4) is 0 Å². The Morgan fingerprint density at radius 2 is 2.44 bits per heavy atom. The third-order valence-corrected chi connectivity index (χ3v) is 0.691. The number of anilines is 1. The maximum atomic E-state index is 5.10. The second kappa shape index (κ2) is 2.42. The lowest BCUT2D eigenvalue weighted by Gasteiger charge is -1.84. The molecule has 1 rings (SSSR count). The number of nitrogen functional groups attached to an aromatic ring is 1. The zero-order chi connectivity index (χ0) is 6.69. The van der Waals surface area contributed by atoms with Gasteiger partial charge in [0.25, 0.3) is 11.8 Å². The van der Waals surface area contributed by atoms with Crippen molar-refractivity contribution in [2.75, 3.05) is 5.73 Å². The van der Waals surface area contributed by atoms with Crippen molar-refractivity contribution in [2.24, 2.45) is 5.90 Å². The molecule has 0 saturated heterocycles. The lowest BCUT2D eigenvalue weighted by molar-refractivity contribution is 0.0996. The van der Waals surface area contributed by atoms with Gasteiger partial charge in [-0.3, -0.25) is 4.84 Å². The summed E-state index contributed by atoms with van der Waals surface area (Å²) in [6.07, 6.45) is 0. The van der Waals surface area contributed by atoms with E-state index in [4.69, 9.17) is 11.6 Å². The van der Waals surface area contributed by atoms with Crippen molar-refractivity contribution in [3.8, 4) is 0 Å². The zero-order valence-electron chi connectivity index (χ0n) is 4.57. The molecule has 1 aromatic heterocycles. The molecule has 0 unspecified atom stereocenters. The SMILES string of the molecule is NOCc1nc(N)no1. The molecule has 0 aromatic carbocycles. The summed E-state index contributed by atoms with van der Waals surface area (Å²) in [5.41, 5.74) is 5.10. The van der Waals surface area contributed by atoms with Crippen LogP contribution < -0.4 is 11.6 Å². The summed E-state index contributed by atoms with van der Waals surface area (Å²) in [4.78, 5) is 7.78. The fourth-order valence-corrected chi connectivity index (χ4v) is 0.398. The van der Waals surface area contributed by atoms with Crippen molar-refractivity contribution >= 4 is 5.95 Å². The molecule has 9 heavy (non-hydrogen) atoms. The van der Waals surface area contributed by atoms with Gasteiger partial charge in [0.2, 0.25) is 0 Å². The van der Waals surface area contributed by atoms with E-state index in [1.165, 1.54) is 0 Å². The first-order chi connectivity index (χ1) is 4.33. The quantitative estimate of drug-likeness (QED) is 0.500. The highest BCUT2D eigenvalue weighted by Gasteiger charge is 1.99. The maximum absolute atomic E-state index is 5.10. The molecule has 1 heterocycles. The number of rotatable bonds is 2. The Morgan fingerprint density at radius 1 is 1.67 bits per heavy atom. The third kappa shape index (κ3) is 1.37. The van der Waals surface area contributed by atoms with Crippen LogP contribution in [0.1, 0.15) is 5.89 Å². The predicted molar refractivity (Wildman–Crippen MR) is 27.7 cm³/mol. The second-order valence-electron chi connectivity index (χ2n) is 1.36. The highest BCUT2D eigenvalue weighted by Crippen LogP contribution is 1.96. The number of hydrogen-bond acceptors (Lipinski definition) is 6. The Labute approximate surface area is 50.7 Å². The topological polar surface area (TPSA) is 100 Å². The van der Waals surface area contributed by atoms with Crippen LogP contribution >= 0.6 is 0 Å². The third-order valence-electron chi connectivity index (χ3n) is 0.691. The molecule has 0 atom stereocenters. The first-order valence-corrected chi connectivity index (χ1v) is 2.22. The van der Waals surface area contributed by atoms with Crippen molar-refractivity contribution in [3.05, 3.63) is 5.89 Å². The van der Waals surface area contributed by atoms with Gasteiger partial charge in [0.15, 0.2) is 0 Å². The second-order valence-corrected chi connectivity index (χ2v) is 1.36. The molecular weight excluding hydrogens is 124 g/mol. The lowest BCUT2D eigenvalue weighted by Crippen LogP contribution is -1.98. The number of hydrogen-bond donors (Lipinski definition) is 2. The molecular formula is C3H6N4O2. The highest BCUT2D eigenvalue weighted by atomic mass is 16.6. The normalized spacial score (nSPS) is 9.89. The van der Waals surface area contributed by atoms with Crippen molar-refractivity contribution < 1.29 is 9.36 Å². The van der Waals surface area contributed by atoms with Gasteiger partial charge in [-0.15, -0.1) is 0 Å². The van der Waals surface area contributed by atoms with E-state index >= 15 is 0 Å². The molecule has 0 aliphatic carbocycles. The molecule has 6 heteroatoms. The Bertz CT molecular complexity index is 186. The van der Waals surface area contributed by atoms with Gasteiger partial charge in [-0.25, -0.2) is 5.90 Å².